The molecule has 2 amide bonds. The molecule has 1 rings (SSSR count). The minimum atomic E-state index is -0.755. The first-order valence-electron chi connectivity index (χ1n) is 5.08. The molecule has 0 aliphatic rings. The predicted octanol–water partition coefficient (Wildman–Crippen LogP) is 1.23. The predicted molar refractivity (Wildman–Crippen MR) is 77.3 cm³/mol. The molecule has 0 heterocycles. The van der Waals surface area contributed by atoms with Gasteiger partial charge in [0.15, 0.2) is 11.5 Å². The number of halogens is 1. The van der Waals surface area contributed by atoms with Gasteiger partial charge in [-0.1, -0.05) is 0 Å². The molecule has 0 atom stereocenters. The Morgan fingerprint density at radius 2 is 2.16 bits per heavy atom. The number of rotatable bonds is 4. The summed E-state index contributed by atoms with van der Waals surface area (Å²) in [5, 5.41) is 3.63. The summed E-state index contributed by atoms with van der Waals surface area (Å²) in [4.78, 5) is 21.5. The Morgan fingerprint density at radius 1 is 1.47 bits per heavy atom. The first kappa shape index (κ1) is 15.2. The Bertz CT molecular complexity index is 531. The number of benzene rings is 1. The third kappa shape index (κ3) is 4.73. The molecule has 0 saturated carbocycles. The fourth-order valence-electron chi connectivity index (χ4n) is 1.23. The number of ether oxygens (including phenoxy) is 2. The number of nitrogens with two attached hydrogens (primary N) is 1. The van der Waals surface area contributed by atoms with Gasteiger partial charge in [0.1, 0.15) is 0 Å². The van der Waals surface area contributed by atoms with Crippen LogP contribution in [0.25, 0.3) is 0 Å². The summed E-state index contributed by atoms with van der Waals surface area (Å²) in [5.41, 5.74) is 7.61. The number of hydrazone groups is 1. The molecule has 0 radical (unpaired) electrons. The van der Waals surface area contributed by atoms with E-state index < -0.39 is 12.0 Å². The first-order valence-corrected chi connectivity index (χ1v) is 6.16. The zero-order chi connectivity index (χ0) is 14.4. The summed E-state index contributed by atoms with van der Waals surface area (Å²) in [5.74, 6) is 0.297. The van der Waals surface area contributed by atoms with E-state index in [1.54, 1.807) is 12.1 Å². The molecule has 8 heteroatoms. The second kappa shape index (κ2) is 6.92. The number of primary amides is 1. The highest BCUT2D eigenvalue weighted by Gasteiger charge is 2.12. The third-order valence-electron chi connectivity index (χ3n) is 1.89. The van der Waals surface area contributed by atoms with Crippen LogP contribution in [-0.2, 0) is 4.79 Å². The molecular weight excluding hydrogens is 365 g/mol. The maximum atomic E-state index is 11.0. The summed E-state index contributed by atoms with van der Waals surface area (Å²) in [6, 6.07) is 2.58. The van der Waals surface area contributed by atoms with Crippen molar-refractivity contribution >= 4 is 40.8 Å². The number of nitrogens with zero attached hydrogens (tertiary/aromatic N) is 1. The van der Waals surface area contributed by atoms with Crippen molar-refractivity contribution in [1.29, 1.82) is 0 Å². The summed E-state index contributed by atoms with van der Waals surface area (Å²) in [6.07, 6.45) is 1.40. The Balaban J connectivity index is 3.05. The fourth-order valence-corrected chi connectivity index (χ4v) is 1.96. The molecule has 1 aromatic rings. The highest BCUT2D eigenvalue weighted by molar-refractivity contribution is 14.1. The van der Waals surface area contributed by atoms with E-state index in [1.165, 1.54) is 20.2 Å². The number of methoxy groups -OCH3 is 1. The van der Waals surface area contributed by atoms with Crippen LogP contribution in [0.5, 0.6) is 11.5 Å². The SMILES string of the molecule is COc1cc(C=NNC(N)=O)cc(I)c1OC(C)=O. The summed E-state index contributed by atoms with van der Waals surface area (Å²) >= 11 is 2.00. The van der Waals surface area contributed by atoms with Crippen molar-refractivity contribution in [3.05, 3.63) is 21.3 Å². The van der Waals surface area contributed by atoms with Crippen molar-refractivity contribution in [2.75, 3.05) is 7.11 Å². The molecule has 3 N–H and O–H groups in total. The van der Waals surface area contributed by atoms with Crippen molar-refractivity contribution < 1.29 is 19.1 Å². The van der Waals surface area contributed by atoms with Crippen LogP contribution in [0.15, 0.2) is 17.2 Å². The molecule has 0 spiro atoms. The van der Waals surface area contributed by atoms with Gasteiger partial charge in [0.2, 0.25) is 0 Å². The van der Waals surface area contributed by atoms with Crippen molar-refractivity contribution in [1.82, 2.24) is 5.43 Å². The molecule has 0 aliphatic carbocycles. The minimum Gasteiger partial charge on any atom is -0.493 e. The molecule has 19 heavy (non-hydrogen) atoms. The fraction of sp³-hybridized carbons (Fsp3) is 0.182. The average Bonchev–Trinajstić information content (AvgIpc) is 2.31. The van der Waals surface area contributed by atoms with E-state index in [-0.39, 0.29) is 0 Å². The van der Waals surface area contributed by atoms with Gasteiger partial charge in [-0.2, -0.15) is 5.10 Å². The van der Waals surface area contributed by atoms with E-state index in [1.807, 2.05) is 22.6 Å². The van der Waals surface area contributed by atoms with Crippen molar-refractivity contribution in [2.45, 2.75) is 6.92 Å². The van der Waals surface area contributed by atoms with Crippen molar-refractivity contribution in [3.63, 3.8) is 0 Å². The van der Waals surface area contributed by atoms with Crippen LogP contribution in [-0.4, -0.2) is 25.3 Å². The van der Waals surface area contributed by atoms with Gasteiger partial charge < -0.3 is 15.2 Å². The van der Waals surface area contributed by atoms with Gasteiger partial charge in [0, 0.05) is 6.92 Å². The highest BCUT2D eigenvalue weighted by atomic mass is 127. The number of carbonyl (C=O) groups excluding carboxylic acids is 2. The number of esters is 1. The van der Waals surface area contributed by atoms with Crippen LogP contribution in [0.4, 0.5) is 4.79 Å². The van der Waals surface area contributed by atoms with Crippen LogP contribution in [0, 0.1) is 3.57 Å². The molecule has 7 nitrogen and oxygen atoms in total. The maximum absolute atomic E-state index is 11.0. The van der Waals surface area contributed by atoms with E-state index in [9.17, 15) is 9.59 Å². The average molecular weight is 377 g/mol. The number of hydrogen-bond acceptors (Lipinski definition) is 5. The summed E-state index contributed by atoms with van der Waals surface area (Å²) in [6.45, 7) is 1.31. The lowest BCUT2D eigenvalue weighted by Gasteiger charge is -2.10. The quantitative estimate of drug-likeness (QED) is 0.271. The van der Waals surface area contributed by atoms with E-state index in [0.717, 1.165) is 0 Å². The second-order valence-corrected chi connectivity index (χ2v) is 4.52. The molecule has 0 aliphatic heterocycles. The molecule has 0 unspecified atom stereocenters. The first-order chi connectivity index (χ1) is 8.93. The van der Waals surface area contributed by atoms with E-state index in [2.05, 4.69) is 10.5 Å². The Kier molecular flexibility index (Phi) is 5.55. The minimum absolute atomic E-state index is 0.343. The van der Waals surface area contributed by atoms with Gasteiger partial charge in [-0.15, -0.1) is 0 Å². The molecular formula is C11H12IN3O4. The summed E-state index contributed by atoms with van der Waals surface area (Å²) in [7, 11) is 1.46. The zero-order valence-corrected chi connectivity index (χ0v) is 12.4. The molecule has 0 saturated heterocycles. The second-order valence-electron chi connectivity index (χ2n) is 3.36. The van der Waals surface area contributed by atoms with E-state index in [4.69, 9.17) is 15.2 Å². The number of amides is 2. The maximum Gasteiger partial charge on any atom is 0.332 e. The number of hydrogen-bond donors (Lipinski definition) is 2. The van der Waals surface area contributed by atoms with Gasteiger partial charge in [-0.3, -0.25) is 4.79 Å². The largest absolute Gasteiger partial charge is 0.493 e. The van der Waals surface area contributed by atoms with Crippen LogP contribution in [0.3, 0.4) is 0 Å². The lowest BCUT2D eigenvalue weighted by atomic mass is 10.2. The van der Waals surface area contributed by atoms with Crippen LogP contribution in [0.2, 0.25) is 0 Å². The van der Waals surface area contributed by atoms with Gasteiger partial charge in [-0.05, 0) is 40.3 Å². The standard InChI is InChI=1S/C11H12IN3O4/c1-6(16)19-10-8(12)3-7(4-9(10)18-2)5-14-15-11(13)17/h3-5H,1-2H3,(H3,13,15,17). The lowest BCUT2D eigenvalue weighted by molar-refractivity contribution is -0.132. The molecule has 0 fully saturated rings. The van der Waals surface area contributed by atoms with E-state index >= 15 is 0 Å². The Morgan fingerprint density at radius 3 is 2.68 bits per heavy atom. The Labute approximate surface area is 123 Å². The van der Waals surface area contributed by atoms with Crippen LogP contribution < -0.4 is 20.6 Å². The number of carbonyl (C=O) groups is 2. The lowest BCUT2D eigenvalue weighted by Crippen LogP contribution is -2.24. The molecule has 0 aromatic heterocycles. The number of urea groups is 1. The smallest absolute Gasteiger partial charge is 0.332 e. The highest BCUT2D eigenvalue weighted by Crippen LogP contribution is 2.33. The molecule has 1 aromatic carbocycles. The zero-order valence-electron chi connectivity index (χ0n) is 10.3. The number of nitrogens with one attached hydrogen (secondary N) is 1. The Hall–Kier alpha value is -1.84. The van der Waals surface area contributed by atoms with Gasteiger partial charge in [0.05, 0.1) is 16.9 Å². The van der Waals surface area contributed by atoms with Gasteiger partial charge in [0.25, 0.3) is 0 Å². The van der Waals surface area contributed by atoms with Crippen molar-refractivity contribution in [3.8, 4) is 11.5 Å². The van der Waals surface area contributed by atoms with Crippen LogP contribution >= 0.6 is 22.6 Å². The van der Waals surface area contributed by atoms with Crippen LogP contribution in [0.1, 0.15) is 12.5 Å². The summed E-state index contributed by atoms with van der Waals surface area (Å²) < 4.78 is 10.9. The topological polar surface area (TPSA) is 103 Å². The van der Waals surface area contributed by atoms with Gasteiger partial charge >= 0.3 is 12.0 Å². The van der Waals surface area contributed by atoms with Crippen molar-refractivity contribution in [2.24, 2.45) is 10.8 Å². The normalized spacial score (nSPS) is 10.3. The monoisotopic (exact) mass is 377 g/mol. The third-order valence-corrected chi connectivity index (χ3v) is 2.69. The molecule has 0 bridgehead atoms. The van der Waals surface area contributed by atoms with Gasteiger partial charge in [-0.25, -0.2) is 10.2 Å². The van der Waals surface area contributed by atoms with E-state index in [0.29, 0.717) is 20.6 Å². The molecule has 102 valence electrons.